The van der Waals surface area contributed by atoms with Gasteiger partial charge in [0.1, 0.15) is 11.6 Å². The highest BCUT2D eigenvalue weighted by Gasteiger charge is 2.21. The first-order chi connectivity index (χ1) is 7.68. The Balaban J connectivity index is 2.22. The Labute approximate surface area is 97.3 Å². The lowest BCUT2D eigenvalue weighted by Gasteiger charge is -2.26. The number of carbonyl (C=O) groups excluding carboxylic acids is 1. The molecule has 1 N–H and O–H groups in total. The molecule has 0 atom stereocenters. The predicted molar refractivity (Wildman–Crippen MR) is 61.3 cm³/mol. The highest BCUT2D eigenvalue weighted by Crippen LogP contribution is 2.21. The minimum absolute atomic E-state index is 0.0481. The Bertz CT molecular complexity index is 405. The number of aromatic hydroxyl groups is 1. The van der Waals surface area contributed by atoms with Crippen molar-refractivity contribution in [3.8, 4) is 5.75 Å². The van der Waals surface area contributed by atoms with Crippen LogP contribution in [0.3, 0.4) is 0 Å². The smallest absolute Gasteiger partial charge is 0.257 e. The van der Waals surface area contributed by atoms with Crippen LogP contribution in [0.4, 0.5) is 4.39 Å². The minimum Gasteiger partial charge on any atom is -0.507 e. The van der Waals surface area contributed by atoms with Gasteiger partial charge in [-0.2, -0.15) is 11.8 Å². The standard InChI is InChI=1S/C11H12FNO2S/c12-8-1-2-10(14)9(7-8)11(15)13-3-5-16-6-4-13/h1-2,7,14H,3-6H2. The number of thioether (sulfide) groups is 1. The number of phenols is 1. The van der Waals surface area contributed by atoms with Crippen LogP contribution in [0.15, 0.2) is 18.2 Å². The Morgan fingerprint density at radius 1 is 1.38 bits per heavy atom. The molecule has 0 bridgehead atoms. The van der Waals surface area contributed by atoms with Crippen LogP contribution in [-0.4, -0.2) is 40.5 Å². The van der Waals surface area contributed by atoms with Crippen LogP contribution in [0.1, 0.15) is 10.4 Å². The van der Waals surface area contributed by atoms with Crippen molar-refractivity contribution < 1.29 is 14.3 Å². The number of rotatable bonds is 1. The highest BCUT2D eigenvalue weighted by molar-refractivity contribution is 7.99. The molecule has 0 spiro atoms. The molecule has 0 saturated carbocycles. The van der Waals surface area contributed by atoms with E-state index in [1.54, 1.807) is 16.7 Å². The zero-order chi connectivity index (χ0) is 11.5. The molecule has 1 aromatic carbocycles. The monoisotopic (exact) mass is 241 g/mol. The molecule has 16 heavy (non-hydrogen) atoms. The summed E-state index contributed by atoms with van der Waals surface area (Å²) < 4.78 is 13.0. The molecule has 1 aromatic rings. The van der Waals surface area contributed by atoms with Crippen molar-refractivity contribution >= 4 is 17.7 Å². The molecule has 2 rings (SSSR count). The van der Waals surface area contributed by atoms with Crippen LogP contribution < -0.4 is 0 Å². The van der Waals surface area contributed by atoms with E-state index in [1.807, 2.05) is 0 Å². The number of carbonyl (C=O) groups is 1. The molecule has 0 aliphatic carbocycles. The maximum Gasteiger partial charge on any atom is 0.257 e. The Morgan fingerprint density at radius 2 is 2.06 bits per heavy atom. The summed E-state index contributed by atoms with van der Waals surface area (Å²) in [6.45, 7) is 1.30. The van der Waals surface area contributed by atoms with Crippen LogP contribution in [0.5, 0.6) is 5.75 Å². The average Bonchev–Trinajstić information content (AvgIpc) is 2.32. The fourth-order valence-electron chi connectivity index (χ4n) is 1.62. The maximum absolute atomic E-state index is 13.0. The molecule has 1 heterocycles. The summed E-state index contributed by atoms with van der Waals surface area (Å²) in [5, 5.41) is 9.52. The molecule has 0 radical (unpaired) electrons. The van der Waals surface area contributed by atoms with Crippen LogP contribution in [0, 0.1) is 5.82 Å². The number of nitrogens with zero attached hydrogens (tertiary/aromatic N) is 1. The second-order valence-corrected chi connectivity index (χ2v) is 4.79. The van der Waals surface area contributed by atoms with Gasteiger partial charge in [-0.3, -0.25) is 4.79 Å². The van der Waals surface area contributed by atoms with Crippen LogP contribution in [-0.2, 0) is 0 Å². The molecule has 1 amide bonds. The van der Waals surface area contributed by atoms with Crippen molar-refractivity contribution in [2.75, 3.05) is 24.6 Å². The molecule has 1 saturated heterocycles. The van der Waals surface area contributed by atoms with Gasteiger partial charge in [-0.15, -0.1) is 0 Å². The van der Waals surface area contributed by atoms with Gasteiger partial charge in [0.2, 0.25) is 0 Å². The van der Waals surface area contributed by atoms with Crippen molar-refractivity contribution in [2.24, 2.45) is 0 Å². The maximum atomic E-state index is 13.0. The minimum atomic E-state index is -0.507. The first-order valence-electron chi connectivity index (χ1n) is 5.04. The predicted octanol–water partition coefficient (Wildman–Crippen LogP) is 1.72. The van der Waals surface area contributed by atoms with Gasteiger partial charge in [-0.1, -0.05) is 0 Å². The fraction of sp³-hybridized carbons (Fsp3) is 0.364. The first kappa shape index (κ1) is 11.3. The Hall–Kier alpha value is -1.23. The third-order valence-electron chi connectivity index (χ3n) is 2.49. The Morgan fingerprint density at radius 3 is 2.75 bits per heavy atom. The summed E-state index contributed by atoms with van der Waals surface area (Å²) >= 11 is 1.79. The molecule has 1 fully saturated rings. The summed E-state index contributed by atoms with van der Waals surface area (Å²) in [6, 6.07) is 3.43. The van der Waals surface area contributed by atoms with E-state index in [0.717, 1.165) is 23.6 Å². The topological polar surface area (TPSA) is 40.5 Å². The summed E-state index contributed by atoms with van der Waals surface area (Å²) in [5.41, 5.74) is 0.0481. The van der Waals surface area contributed by atoms with Crippen LogP contribution in [0.2, 0.25) is 0 Å². The molecule has 0 aromatic heterocycles. The number of amides is 1. The molecule has 0 unspecified atom stereocenters. The second kappa shape index (κ2) is 4.74. The lowest BCUT2D eigenvalue weighted by atomic mass is 10.1. The van der Waals surface area contributed by atoms with Crippen LogP contribution in [0.25, 0.3) is 0 Å². The van der Waals surface area contributed by atoms with E-state index in [-0.39, 0.29) is 17.2 Å². The SMILES string of the molecule is O=C(c1cc(F)ccc1O)N1CCSCC1. The van der Waals surface area contributed by atoms with Gasteiger partial charge < -0.3 is 10.0 Å². The van der Waals surface area contributed by atoms with Gasteiger partial charge in [-0.05, 0) is 18.2 Å². The summed E-state index contributed by atoms with van der Waals surface area (Å²) in [6.07, 6.45) is 0. The number of benzene rings is 1. The lowest BCUT2D eigenvalue weighted by Crippen LogP contribution is -2.37. The lowest BCUT2D eigenvalue weighted by molar-refractivity contribution is 0.0768. The molecular formula is C11H12FNO2S. The number of halogens is 1. The highest BCUT2D eigenvalue weighted by atomic mass is 32.2. The quantitative estimate of drug-likeness (QED) is 0.814. The van der Waals surface area contributed by atoms with Crippen molar-refractivity contribution in [3.05, 3.63) is 29.6 Å². The van der Waals surface area contributed by atoms with Crippen molar-refractivity contribution in [2.45, 2.75) is 0 Å². The Kier molecular flexibility index (Phi) is 3.33. The van der Waals surface area contributed by atoms with E-state index in [1.165, 1.54) is 6.07 Å². The molecule has 5 heteroatoms. The summed E-state index contributed by atoms with van der Waals surface area (Å²) in [4.78, 5) is 13.6. The molecule has 86 valence electrons. The summed E-state index contributed by atoms with van der Waals surface area (Å²) in [5.74, 6) is 0.818. The van der Waals surface area contributed by atoms with E-state index < -0.39 is 5.82 Å². The van der Waals surface area contributed by atoms with Crippen LogP contribution >= 0.6 is 11.8 Å². The van der Waals surface area contributed by atoms with E-state index in [9.17, 15) is 14.3 Å². The number of phenolic OH excluding ortho intramolecular Hbond substituents is 1. The van der Waals surface area contributed by atoms with E-state index >= 15 is 0 Å². The van der Waals surface area contributed by atoms with Crippen molar-refractivity contribution in [3.63, 3.8) is 0 Å². The third kappa shape index (κ3) is 2.29. The molecule has 1 aliphatic rings. The van der Waals surface area contributed by atoms with E-state index in [4.69, 9.17) is 0 Å². The number of hydrogen-bond donors (Lipinski definition) is 1. The molecule has 1 aliphatic heterocycles. The largest absolute Gasteiger partial charge is 0.507 e. The third-order valence-corrected chi connectivity index (χ3v) is 3.43. The van der Waals surface area contributed by atoms with Crippen molar-refractivity contribution in [1.29, 1.82) is 0 Å². The van der Waals surface area contributed by atoms with Gasteiger partial charge in [0, 0.05) is 24.6 Å². The van der Waals surface area contributed by atoms with Gasteiger partial charge >= 0.3 is 0 Å². The molecule has 3 nitrogen and oxygen atoms in total. The van der Waals surface area contributed by atoms with Gasteiger partial charge in [0.25, 0.3) is 5.91 Å². The van der Waals surface area contributed by atoms with Gasteiger partial charge in [-0.25, -0.2) is 4.39 Å². The fourth-order valence-corrected chi connectivity index (χ4v) is 2.52. The van der Waals surface area contributed by atoms with Gasteiger partial charge in [0.05, 0.1) is 5.56 Å². The van der Waals surface area contributed by atoms with E-state index in [0.29, 0.717) is 13.1 Å². The average molecular weight is 241 g/mol. The normalized spacial score (nSPS) is 16.2. The zero-order valence-corrected chi connectivity index (χ0v) is 9.47. The molecular weight excluding hydrogens is 229 g/mol. The number of hydrogen-bond acceptors (Lipinski definition) is 3. The van der Waals surface area contributed by atoms with Crippen molar-refractivity contribution in [1.82, 2.24) is 4.90 Å². The zero-order valence-electron chi connectivity index (χ0n) is 8.65. The summed E-state index contributed by atoms with van der Waals surface area (Å²) in [7, 11) is 0. The van der Waals surface area contributed by atoms with Gasteiger partial charge in [0.15, 0.2) is 0 Å². The second-order valence-electron chi connectivity index (χ2n) is 3.57. The first-order valence-corrected chi connectivity index (χ1v) is 6.19. The van der Waals surface area contributed by atoms with E-state index in [2.05, 4.69) is 0 Å².